The molecule has 2 N–H and O–H groups in total. The molecule has 130 valence electrons. The van der Waals surface area contributed by atoms with Crippen LogP contribution in [0, 0.1) is 6.92 Å². The molecule has 2 aromatic heterocycles. The molecule has 0 amide bonds. The summed E-state index contributed by atoms with van der Waals surface area (Å²) in [7, 11) is -3.22. The van der Waals surface area contributed by atoms with E-state index in [4.69, 9.17) is 5.11 Å². The number of nitrogens with zero attached hydrogens (tertiary/aromatic N) is 1. The summed E-state index contributed by atoms with van der Waals surface area (Å²) in [6, 6.07) is 8.59. The molecule has 3 aromatic rings. The number of sulfone groups is 1. The first-order chi connectivity index (χ1) is 11.8. The molecule has 6 nitrogen and oxygen atoms in total. The highest BCUT2D eigenvalue weighted by atomic mass is 32.2. The molecule has 1 aromatic carbocycles. The monoisotopic (exact) mass is 358 g/mol. The summed E-state index contributed by atoms with van der Waals surface area (Å²) in [5, 5.41) is 9.99. The third-order valence-corrected chi connectivity index (χ3v) is 5.30. The molecule has 0 spiro atoms. The van der Waals surface area contributed by atoms with E-state index < -0.39 is 15.8 Å². The van der Waals surface area contributed by atoms with Crippen LogP contribution in [-0.2, 0) is 27.5 Å². The van der Waals surface area contributed by atoms with Gasteiger partial charge in [-0.3, -0.25) is 4.79 Å². The Morgan fingerprint density at radius 1 is 1.20 bits per heavy atom. The molecule has 0 bridgehead atoms. The van der Waals surface area contributed by atoms with Crippen molar-refractivity contribution in [3.05, 3.63) is 58.9 Å². The standard InChI is InChI=1S/C18H18N2O4S/c1-11-15(10-16(21)22)17-13(7-8-19-18(17)20-11)9-12-3-5-14(6-4-12)25(2,23)24/h3-8H,9-10H2,1-2H3,(H,19,20)(H,21,22). The van der Waals surface area contributed by atoms with Crippen LogP contribution in [-0.4, -0.2) is 35.7 Å². The number of carbonyl (C=O) groups is 1. The van der Waals surface area contributed by atoms with E-state index in [1.165, 1.54) is 6.26 Å². The van der Waals surface area contributed by atoms with Crippen LogP contribution in [0.3, 0.4) is 0 Å². The summed E-state index contributed by atoms with van der Waals surface area (Å²) >= 11 is 0. The zero-order valence-electron chi connectivity index (χ0n) is 13.9. The number of aryl methyl sites for hydroxylation is 1. The van der Waals surface area contributed by atoms with Crippen LogP contribution in [0.15, 0.2) is 41.4 Å². The van der Waals surface area contributed by atoms with Crippen molar-refractivity contribution in [2.24, 2.45) is 0 Å². The lowest BCUT2D eigenvalue weighted by atomic mass is 9.99. The number of H-pyrrole nitrogens is 1. The third kappa shape index (κ3) is 3.56. The van der Waals surface area contributed by atoms with E-state index in [9.17, 15) is 13.2 Å². The Balaban J connectivity index is 2.03. The summed E-state index contributed by atoms with van der Waals surface area (Å²) in [6.07, 6.45) is 3.35. The number of fused-ring (bicyclic) bond motifs is 1. The molecule has 0 fully saturated rings. The molecule has 0 atom stereocenters. The van der Waals surface area contributed by atoms with E-state index in [-0.39, 0.29) is 11.3 Å². The van der Waals surface area contributed by atoms with Gasteiger partial charge in [-0.15, -0.1) is 0 Å². The topological polar surface area (TPSA) is 100 Å². The lowest BCUT2D eigenvalue weighted by Gasteiger charge is -2.07. The van der Waals surface area contributed by atoms with Gasteiger partial charge in [0.05, 0.1) is 11.3 Å². The van der Waals surface area contributed by atoms with Crippen LogP contribution in [0.1, 0.15) is 22.4 Å². The average molecular weight is 358 g/mol. The molecule has 3 rings (SSSR count). The lowest BCUT2D eigenvalue weighted by Crippen LogP contribution is -2.02. The number of carboxylic acid groups (broad SMARTS) is 1. The molecule has 7 heteroatoms. The first-order valence-electron chi connectivity index (χ1n) is 7.71. The summed E-state index contributed by atoms with van der Waals surface area (Å²) in [4.78, 5) is 18.9. The molecule has 0 radical (unpaired) electrons. The van der Waals surface area contributed by atoms with Crippen molar-refractivity contribution in [2.45, 2.75) is 24.7 Å². The molecular weight excluding hydrogens is 340 g/mol. The van der Waals surface area contributed by atoms with Crippen molar-refractivity contribution < 1.29 is 18.3 Å². The van der Waals surface area contributed by atoms with Crippen LogP contribution in [0.25, 0.3) is 11.0 Å². The predicted molar refractivity (Wildman–Crippen MR) is 94.5 cm³/mol. The second kappa shape index (κ2) is 6.33. The zero-order chi connectivity index (χ0) is 18.2. The summed E-state index contributed by atoms with van der Waals surface area (Å²) in [6.45, 7) is 1.84. The molecule has 0 saturated heterocycles. The number of aromatic nitrogens is 2. The van der Waals surface area contributed by atoms with Crippen LogP contribution < -0.4 is 0 Å². The molecular formula is C18H18N2O4S. The van der Waals surface area contributed by atoms with E-state index in [0.29, 0.717) is 12.1 Å². The second-order valence-electron chi connectivity index (χ2n) is 6.09. The first-order valence-corrected chi connectivity index (χ1v) is 9.60. The molecule has 25 heavy (non-hydrogen) atoms. The van der Waals surface area contributed by atoms with E-state index >= 15 is 0 Å². The molecule has 0 saturated carbocycles. The number of hydrogen-bond acceptors (Lipinski definition) is 4. The summed E-state index contributed by atoms with van der Waals surface area (Å²) in [5.41, 5.74) is 4.10. The number of hydrogen-bond donors (Lipinski definition) is 2. The van der Waals surface area contributed by atoms with Crippen LogP contribution >= 0.6 is 0 Å². The predicted octanol–water partition coefficient (Wildman–Crippen LogP) is 2.49. The normalized spacial score (nSPS) is 11.8. The van der Waals surface area contributed by atoms with Gasteiger partial charge in [-0.25, -0.2) is 13.4 Å². The fourth-order valence-corrected chi connectivity index (χ4v) is 3.60. The Kier molecular flexibility index (Phi) is 4.34. The van der Waals surface area contributed by atoms with Crippen molar-refractivity contribution in [1.82, 2.24) is 9.97 Å². The van der Waals surface area contributed by atoms with E-state index in [1.807, 2.05) is 13.0 Å². The fraction of sp³-hybridized carbons (Fsp3) is 0.222. The van der Waals surface area contributed by atoms with E-state index in [1.54, 1.807) is 30.5 Å². The van der Waals surface area contributed by atoms with Crippen LogP contribution in [0.5, 0.6) is 0 Å². The highest BCUT2D eigenvalue weighted by Crippen LogP contribution is 2.27. The quantitative estimate of drug-likeness (QED) is 0.730. The van der Waals surface area contributed by atoms with E-state index in [2.05, 4.69) is 9.97 Å². The minimum Gasteiger partial charge on any atom is -0.481 e. The summed E-state index contributed by atoms with van der Waals surface area (Å²) < 4.78 is 23.1. The van der Waals surface area contributed by atoms with Crippen molar-refractivity contribution in [3.8, 4) is 0 Å². The Labute approximate surface area is 145 Å². The average Bonchev–Trinajstić information content (AvgIpc) is 2.83. The minimum absolute atomic E-state index is 0.0719. The number of aromatic amines is 1. The Morgan fingerprint density at radius 2 is 1.88 bits per heavy atom. The lowest BCUT2D eigenvalue weighted by molar-refractivity contribution is -0.136. The van der Waals surface area contributed by atoms with E-state index in [0.717, 1.165) is 27.8 Å². The number of pyridine rings is 1. The van der Waals surface area contributed by atoms with Crippen LogP contribution in [0.2, 0.25) is 0 Å². The Hall–Kier alpha value is -2.67. The SMILES string of the molecule is Cc1[nH]c2nccc(Cc3ccc(S(C)(=O)=O)cc3)c2c1CC(=O)O. The first kappa shape index (κ1) is 17.2. The van der Waals surface area contributed by atoms with Gasteiger partial charge in [0, 0.05) is 23.5 Å². The summed E-state index contributed by atoms with van der Waals surface area (Å²) in [5.74, 6) is -0.892. The maximum Gasteiger partial charge on any atom is 0.307 e. The van der Waals surface area contributed by atoms with Gasteiger partial charge >= 0.3 is 5.97 Å². The maximum absolute atomic E-state index is 11.6. The Morgan fingerprint density at radius 3 is 2.48 bits per heavy atom. The van der Waals surface area contributed by atoms with Crippen LogP contribution in [0.4, 0.5) is 0 Å². The number of aliphatic carboxylic acids is 1. The van der Waals surface area contributed by atoms with Gasteiger partial charge in [0.2, 0.25) is 0 Å². The molecule has 0 aliphatic heterocycles. The molecule has 0 unspecified atom stereocenters. The molecule has 0 aliphatic carbocycles. The molecule has 2 heterocycles. The van der Waals surface area contributed by atoms with Gasteiger partial charge in [0.15, 0.2) is 9.84 Å². The van der Waals surface area contributed by atoms with Gasteiger partial charge in [0.1, 0.15) is 5.65 Å². The van der Waals surface area contributed by atoms with Gasteiger partial charge < -0.3 is 10.1 Å². The number of carboxylic acids is 1. The van der Waals surface area contributed by atoms with Crippen molar-refractivity contribution in [3.63, 3.8) is 0 Å². The number of rotatable bonds is 5. The highest BCUT2D eigenvalue weighted by molar-refractivity contribution is 7.90. The van der Waals surface area contributed by atoms with Gasteiger partial charge in [-0.2, -0.15) is 0 Å². The number of benzene rings is 1. The van der Waals surface area contributed by atoms with Gasteiger partial charge in [-0.05, 0) is 48.2 Å². The third-order valence-electron chi connectivity index (χ3n) is 4.17. The van der Waals surface area contributed by atoms with Gasteiger partial charge in [-0.1, -0.05) is 12.1 Å². The smallest absolute Gasteiger partial charge is 0.307 e. The minimum atomic E-state index is -3.22. The Bertz CT molecular complexity index is 1050. The molecule has 0 aliphatic rings. The highest BCUT2D eigenvalue weighted by Gasteiger charge is 2.16. The fourth-order valence-electron chi connectivity index (χ4n) is 2.97. The van der Waals surface area contributed by atoms with Crippen molar-refractivity contribution >= 4 is 26.8 Å². The van der Waals surface area contributed by atoms with Crippen molar-refractivity contribution in [2.75, 3.05) is 6.26 Å². The van der Waals surface area contributed by atoms with Crippen molar-refractivity contribution in [1.29, 1.82) is 0 Å². The zero-order valence-corrected chi connectivity index (χ0v) is 14.7. The second-order valence-corrected chi connectivity index (χ2v) is 8.10. The van der Waals surface area contributed by atoms with Gasteiger partial charge in [0.25, 0.3) is 0 Å². The largest absolute Gasteiger partial charge is 0.481 e. The maximum atomic E-state index is 11.6. The number of nitrogens with one attached hydrogen (secondary N) is 1.